The van der Waals surface area contributed by atoms with Crippen LogP contribution in [-0.2, 0) is 4.74 Å². The lowest BCUT2D eigenvalue weighted by Gasteiger charge is -2.08. The summed E-state index contributed by atoms with van der Waals surface area (Å²) in [4.78, 5) is 16.2. The monoisotopic (exact) mass is 299 g/mol. The molecular weight excluding hydrogens is 278 g/mol. The molecule has 1 heterocycles. The van der Waals surface area contributed by atoms with E-state index in [2.05, 4.69) is 22.5 Å². The van der Waals surface area contributed by atoms with Crippen LogP contribution in [0.3, 0.4) is 0 Å². The fourth-order valence-corrected chi connectivity index (χ4v) is 1.78. The van der Waals surface area contributed by atoms with Crippen LogP contribution in [0.4, 0.5) is 5.82 Å². The van der Waals surface area contributed by atoms with Crippen LogP contribution in [0.2, 0.25) is 5.02 Å². The molecule has 0 aliphatic heterocycles. The lowest BCUT2D eigenvalue weighted by molar-refractivity contribution is 0.0937. The minimum Gasteiger partial charge on any atom is -0.381 e. The summed E-state index contributed by atoms with van der Waals surface area (Å²) in [5.41, 5.74) is 0.250. The summed E-state index contributed by atoms with van der Waals surface area (Å²) in [5.74, 6) is 0.388. The van der Waals surface area contributed by atoms with Crippen LogP contribution < -0.4 is 10.6 Å². The third-order valence-electron chi connectivity index (χ3n) is 2.52. The number of halogens is 1. The largest absolute Gasteiger partial charge is 0.381 e. The highest BCUT2D eigenvalue weighted by Crippen LogP contribution is 2.16. The molecule has 0 saturated carbocycles. The first-order chi connectivity index (χ1) is 9.69. The number of nitrogens with zero attached hydrogens (tertiary/aromatic N) is 1. The van der Waals surface area contributed by atoms with Gasteiger partial charge in [-0.25, -0.2) is 4.98 Å². The van der Waals surface area contributed by atoms with E-state index in [1.165, 1.54) is 0 Å². The Morgan fingerprint density at radius 2 is 2.15 bits per heavy atom. The molecule has 20 heavy (non-hydrogen) atoms. The van der Waals surface area contributed by atoms with Gasteiger partial charge >= 0.3 is 0 Å². The number of pyridine rings is 1. The molecule has 0 aliphatic rings. The smallest absolute Gasteiger partial charge is 0.271 e. The zero-order valence-electron chi connectivity index (χ0n) is 12.0. The molecular formula is C14H22ClN3O2. The molecule has 0 spiro atoms. The topological polar surface area (TPSA) is 63.2 Å². The zero-order valence-corrected chi connectivity index (χ0v) is 12.8. The molecule has 6 heteroatoms. The minimum atomic E-state index is -0.259. The quantitative estimate of drug-likeness (QED) is 0.688. The molecule has 0 bridgehead atoms. The molecule has 1 aromatic heterocycles. The second-order valence-corrected chi connectivity index (χ2v) is 4.69. The van der Waals surface area contributed by atoms with Crippen molar-refractivity contribution in [2.45, 2.75) is 26.7 Å². The van der Waals surface area contributed by atoms with Gasteiger partial charge in [0, 0.05) is 26.3 Å². The van der Waals surface area contributed by atoms with Crippen LogP contribution in [0, 0.1) is 0 Å². The summed E-state index contributed by atoms with van der Waals surface area (Å²) >= 11 is 6.00. The molecule has 2 N–H and O–H groups in total. The average molecular weight is 300 g/mol. The van der Waals surface area contributed by atoms with E-state index in [-0.39, 0.29) is 11.6 Å². The number of rotatable bonds is 9. The Morgan fingerprint density at radius 1 is 1.35 bits per heavy atom. The van der Waals surface area contributed by atoms with Gasteiger partial charge in [-0.2, -0.15) is 0 Å². The van der Waals surface area contributed by atoms with Gasteiger partial charge in [0.05, 0.1) is 5.02 Å². The average Bonchev–Trinajstić information content (AvgIpc) is 2.45. The van der Waals surface area contributed by atoms with Crippen LogP contribution in [0.1, 0.15) is 37.2 Å². The molecule has 0 aromatic carbocycles. The summed E-state index contributed by atoms with van der Waals surface area (Å²) < 4.78 is 5.34. The van der Waals surface area contributed by atoms with Crippen molar-refractivity contribution in [2.24, 2.45) is 0 Å². The lowest BCUT2D eigenvalue weighted by atomic mass is 10.3. The highest BCUT2D eigenvalue weighted by molar-refractivity contribution is 6.33. The lowest BCUT2D eigenvalue weighted by Crippen LogP contribution is -2.26. The molecule has 1 amide bonds. The summed E-state index contributed by atoms with van der Waals surface area (Å²) in [6, 6.07) is 3.42. The number of carbonyl (C=O) groups is 1. The van der Waals surface area contributed by atoms with E-state index >= 15 is 0 Å². The molecule has 0 atom stereocenters. The van der Waals surface area contributed by atoms with Crippen molar-refractivity contribution < 1.29 is 9.53 Å². The third-order valence-corrected chi connectivity index (χ3v) is 2.82. The van der Waals surface area contributed by atoms with Crippen molar-refractivity contribution in [2.75, 3.05) is 31.6 Å². The fraction of sp³-hybridized carbons (Fsp3) is 0.571. The number of carbonyl (C=O) groups excluding carboxylic acids is 1. The Balaban J connectivity index is 2.44. The molecule has 1 aromatic rings. The van der Waals surface area contributed by atoms with Gasteiger partial charge in [-0.15, -0.1) is 0 Å². The Morgan fingerprint density at radius 3 is 2.85 bits per heavy atom. The molecule has 0 unspecified atom stereocenters. The van der Waals surface area contributed by atoms with Crippen molar-refractivity contribution in [1.29, 1.82) is 0 Å². The van der Waals surface area contributed by atoms with E-state index in [1.807, 2.05) is 6.92 Å². The maximum absolute atomic E-state index is 12.0. The van der Waals surface area contributed by atoms with E-state index in [0.29, 0.717) is 24.0 Å². The summed E-state index contributed by atoms with van der Waals surface area (Å²) in [6.45, 7) is 6.72. The number of ether oxygens (including phenoxy) is 1. The first kappa shape index (κ1) is 16.7. The van der Waals surface area contributed by atoms with Crippen molar-refractivity contribution in [1.82, 2.24) is 10.3 Å². The van der Waals surface area contributed by atoms with Crippen LogP contribution in [-0.4, -0.2) is 37.2 Å². The highest BCUT2D eigenvalue weighted by Gasteiger charge is 2.12. The Labute approximate surface area is 125 Å². The molecule has 0 saturated heterocycles. The molecule has 5 nitrogen and oxygen atoms in total. The highest BCUT2D eigenvalue weighted by atomic mass is 35.5. The van der Waals surface area contributed by atoms with Gasteiger partial charge in [-0.3, -0.25) is 4.79 Å². The van der Waals surface area contributed by atoms with Crippen LogP contribution in [0.5, 0.6) is 0 Å². The molecule has 0 radical (unpaired) electrons. The maximum Gasteiger partial charge on any atom is 0.271 e. The first-order valence-electron chi connectivity index (χ1n) is 6.95. The standard InChI is InChI=1S/C14H22ClN3O2/c1-3-9-20-10-5-8-17-14(19)13-11(15)6-7-12(18-13)16-4-2/h6-7H,3-5,8-10H2,1-2H3,(H,16,18)(H,17,19). The normalized spacial score (nSPS) is 10.3. The fourth-order valence-electron chi connectivity index (χ4n) is 1.59. The molecule has 0 aliphatic carbocycles. The Kier molecular flexibility index (Phi) is 7.99. The molecule has 112 valence electrons. The number of aromatic nitrogens is 1. The first-order valence-corrected chi connectivity index (χ1v) is 7.33. The predicted molar refractivity (Wildman–Crippen MR) is 81.5 cm³/mol. The maximum atomic E-state index is 12.0. The van der Waals surface area contributed by atoms with Crippen LogP contribution in [0.15, 0.2) is 12.1 Å². The number of nitrogens with one attached hydrogen (secondary N) is 2. The van der Waals surface area contributed by atoms with E-state index in [1.54, 1.807) is 12.1 Å². The van der Waals surface area contributed by atoms with Crippen molar-refractivity contribution in [3.8, 4) is 0 Å². The second-order valence-electron chi connectivity index (χ2n) is 4.28. The predicted octanol–water partition coefficient (Wildman–Crippen LogP) is 2.71. The second kappa shape index (κ2) is 9.55. The number of hydrogen-bond acceptors (Lipinski definition) is 4. The summed E-state index contributed by atoms with van der Waals surface area (Å²) in [5, 5.41) is 6.20. The number of anilines is 1. The van der Waals surface area contributed by atoms with Gasteiger partial charge in [-0.05, 0) is 31.9 Å². The van der Waals surface area contributed by atoms with Gasteiger partial charge in [0.15, 0.2) is 0 Å². The van der Waals surface area contributed by atoms with Gasteiger partial charge in [0.1, 0.15) is 11.5 Å². The third kappa shape index (κ3) is 5.75. The van der Waals surface area contributed by atoms with Gasteiger partial charge in [0.25, 0.3) is 5.91 Å². The van der Waals surface area contributed by atoms with E-state index in [0.717, 1.165) is 26.0 Å². The van der Waals surface area contributed by atoms with E-state index < -0.39 is 0 Å². The van der Waals surface area contributed by atoms with Gasteiger partial charge in [-0.1, -0.05) is 18.5 Å². The number of hydrogen-bond donors (Lipinski definition) is 2. The van der Waals surface area contributed by atoms with Crippen molar-refractivity contribution in [3.63, 3.8) is 0 Å². The zero-order chi connectivity index (χ0) is 14.8. The van der Waals surface area contributed by atoms with E-state index in [9.17, 15) is 4.79 Å². The summed E-state index contributed by atoms with van der Waals surface area (Å²) in [6.07, 6.45) is 1.78. The van der Waals surface area contributed by atoms with Gasteiger partial charge < -0.3 is 15.4 Å². The SMILES string of the molecule is CCCOCCCNC(=O)c1nc(NCC)ccc1Cl. The molecule has 0 fully saturated rings. The van der Waals surface area contributed by atoms with Crippen LogP contribution in [0.25, 0.3) is 0 Å². The minimum absolute atomic E-state index is 0.250. The summed E-state index contributed by atoms with van der Waals surface area (Å²) in [7, 11) is 0. The molecule has 1 rings (SSSR count). The van der Waals surface area contributed by atoms with Crippen molar-refractivity contribution >= 4 is 23.3 Å². The Hall–Kier alpha value is -1.33. The van der Waals surface area contributed by atoms with E-state index in [4.69, 9.17) is 16.3 Å². The number of amides is 1. The Bertz CT molecular complexity index is 427. The van der Waals surface area contributed by atoms with Gasteiger partial charge in [0.2, 0.25) is 0 Å². The van der Waals surface area contributed by atoms with Crippen molar-refractivity contribution in [3.05, 3.63) is 22.8 Å². The van der Waals surface area contributed by atoms with Crippen LogP contribution >= 0.6 is 11.6 Å².